The van der Waals surface area contributed by atoms with E-state index in [-0.39, 0.29) is 0 Å². The zero-order valence-corrected chi connectivity index (χ0v) is 10.6. The summed E-state index contributed by atoms with van der Waals surface area (Å²) in [6.45, 7) is 2.86. The van der Waals surface area contributed by atoms with Crippen LogP contribution < -0.4 is 5.32 Å². The van der Waals surface area contributed by atoms with E-state index in [1.165, 1.54) is 6.33 Å². The maximum atomic E-state index is 5.04. The van der Waals surface area contributed by atoms with Crippen molar-refractivity contribution in [1.82, 2.24) is 19.7 Å². The summed E-state index contributed by atoms with van der Waals surface area (Å²) in [6.07, 6.45) is 5.86. The average molecular weight is 247 g/mol. The largest absolute Gasteiger partial charge is 0.385 e. The van der Waals surface area contributed by atoms with Crippen LogP contribution in [0.2, 0.25) is 0 Å². The van der Waals surface area contributed by atoms with E-state index in [1.54, 1.807) is 24.3 Å². The zero-order chi connectivity index (χ0) is 12.8. The van der Waals surface area contributed by atoms with Gasteiger partial charge in [-0.1, -0.05) is 0 Å². The molecule has 18 heavy (non-hydrogen) atoms. The Morgan fingerprint density at radius 2 is 2.33 bits per heavy atom. The number of rotatable bonds is 6. The molecule has 2 rings (SSSR count). The van der Waals surface area contributed by atoms with Crippen molar-refractivity contribution in [1.29, 1.82) is 0 Å². The molecule has 1 N–H and O–H groups in total. The molecule has 0 spiro atoms. The number of anilines is 1. The molecule has 0 radical (unpaired) electrons. The lowest BCUT2D eigenvalue weighted by Crippen LogP contribution is -2.17. The van der Waals surface area contributed by atoms with E-state index in [2.05, 4.69) is 27.3 Å². The molecule has 0 saturated carbocycles. The predicted octanol–water partition coefficient (Wildman–Crippen LogP) is 1.50. The minimum absolute atomic E-state index is 0.351. The molecule has 0 saturated heterocycles. The summed E-state index contributed by atoms with van der Waals surface area (Å²) in [5.74, 6) is 0.752. The molecule has 6 heteroatoms. The molecule has 0 fully saturated rings. The highest BCUT2D eigenvalue weighted by molar-refractivity contribution is 5.44. The van der Waals surface area contributed by atoms with E-state index >= 15 is 0 Å². The maximum absolute atomic E-state index is 5.04. The first-order valence-corrected chi connectivity index (χ1v) is 5.86. The van der Waals surface area contributed by atoms with Crippen molar-refractivity contribution in [2.24, 2.45) is 0 Å². The van der Waals surface area contributed by atoms with Gasteiger partial charge in [0, 0.05) is 19.8 Å². The molecule has 0 aliphatic rings. The molecule has 0 bridgehead atoms. The number of ether oxygens (including phenoxy) is 1. The fourth-order valence-electron chi connectivity index (χ4n) is 1.58. The minimum atomic E-state index is 0.351. The van der Waals surface area contributed by atoms with Crippen LogP contribution in [-0.2, 0) is 4.74 Å². The number of aromatic nitrogens is 4. The first-order valence-electron chi connectivity index (χ1n) is 5.86. The summed E-state index contributed by atoms with van der Waals surface area (Å²) in [4.78, 5) is 8.21. The molecule has 2 aromatic heterocycles. The van der Waals surface area contributed by atoms with Crippen LogP contribution in [0.3, 0.4) is 0 Å². The lowest BCUT2D eigenvalue weighted by Gasteiger charge is -2.14. The molecular weight excluding hydrogens is 230 g/mol. The van der Waals surface area contributed by atoms with Gasteiger partial charge in [-0.15, -0.1) is 0 Å². The Hall–Kier alpha value is -1.95. The summed E-state index contributed by atoms with van der Waals surface area (Å²) >= 11 is 0. The van der Waals surface area contributed by atoms with Gasteiger partial charge in [0.1, 0.15) is 12.7 Å². The molecule has 0 aromatic carbocycles. The number of methoxy groups -OCH3 is 1. The van der Waals surface area contributed by atoms with E-state index in [0.717, 1.165) is 24.5 Å². The highest BCUT2D eigenvalue weighted by atomic mass is 16.5. The van der Waals surface area contributed by atoms with Crippen LogP contribution in [-0.4, -0.2) is 39.5 Å². The first-order chi connectivity index (χ1) is 8.79. The summed E-state index contributed by atoms with van der Waals surface area (Å²) < 4.78 is 6.67. The van der Waals surface area contributed by atoms with Gasteiger partial charge in [-0.3, -0.25) is 0 Å². The molecule has 96 valence electrons. The van der Waals surface area contributed by atoms with Crippen LogP contribution >= 0.6 is 0 Å². The Balaban J connectivity index is 1.95. The van der Waals surface area contributed by atoms with Crippen LogP contribution in [0.1, 0.15) is 13.3 Å². The highest BCUT2D eigenvalue weighted by Crippen LogP contribution is 2.10. The molecule has 1 atom stereocenters. The fourth-order valence-corrected chi connectivity index (χ4v) is 1.58. The Morgan fingerprint density at radius 1 is 1.44 bits per heavy atom. The van der Waals surface area contributed by atoms with E-state index < -0.39 is 0 Å². The van der Waals surface area contributed by atoms with Crippen molar-refractivity contribution in [3.63, 3.8) is 0 Å². The molecule has 0 aliphatic carbocycles. The van der Waals surface area contributed by atoms with Gasteiger partial charge in [0.2, 0.25) is 0 Å². The fraction of sp³-hybridized carbons (Fsp3) is 0.417. The first kappa shape index (κ1) is 12.5. The molecule has 1 unspecified atom stereocenters. The third-order valence-electron chi connectivity index (χ3n) is 2.57. The minimum Gasteiger partial charge on any atom is -0.385 e. The van der Waals surface area contributed by atoms with Crippen molar-refractivity contribution in [3.05, 3.63) is 31.0 Å². The second kappa shape index (κ2) is 6.11. The van der Waals surface area contributed by atoms with Gasteiger partial charge < -0.3 is 10.1 Å². The summed E-state index contributed by atoms with van der Waals surface area (Å²) in [5.41, 5.74) is 0.988. The van der Waals surface area contributed by atoms with Crippen molar-refractivity contribution >= 4 is 5.69 Å². The zero-order valence-electron chi connectivity index (χ0n) is 10.6. The Morgan fingerprint density at radius 3 is 2.94 bits per heavy atom. The number of pyridine rings is 1. The quantitative estimate of drug-likeness (QED) is 0.838. The summed E-state index contributed by atoms with van der Waals surface area (Å²) in [6, 6.07) is 4.23. The monoisotopic (exact) mass is 247 g/mol. The van der Waals surface area contributed by atoms with Gasteiger partial charge in [0.05, 0.1) is 11.9 Å². The number of nitrogens with one attached hydrogen (secondary N) is 1. The Bertz CT molecular complexity index is 454. The van der Waals surface area contributed by atoms with Crippen LogP contribution in [0.15, 0.2) is 31.0 Å². The van der Waals surface area contributed by atoms with Gasteiger partial charge in [-0.05, 0) is 25.5 Å². The van der Waals surface area contributed by atoms with Gasteiger partial charge >= 0.3 is 0 Å². The van der Waals surface area contributed by atoms with Crippen molar-refractivity contribution in [2.75, 3.05) is 19.0 Å². The van der Waals surface area contributed by atoms with Gasteiger partial charge in [0.25, 0.3) is 0 Å². The third kappa shape index (κ3) is 3.27. The lowest BCUT2D eigenvalue weighted by molar-refractivity contribution is 0.191. The van der Waals surface area contributed by atoms with Gasteiger partial charge in [-0.2, -0.15) is 5.10 Å². The van der Waals surface area contributed by atoms with E-state index in [0.29, 0.717) is 6.04 Å². The number of hydrogen-bond donors (Lipinski definition) is 1. The Kier molecular flexibility index (Phi) is 4.25. The molecule has 6 nitrogen and oxygen atoms in total. The Labute approximate surface area is 106 Å². The maximum Gasteiger partial charge on any atom is 0.155 e. The van der Waals surface area contributed by atoms with Crippen molar-refractivity contribution in [3.8, 4) is 5.82 Å². The molecule has 2 heterocycles. The smallest absolute Gasteiger partial charge is 0.155 e. The standard InChI is InChI=1S/C12H17N5O/c1-10(5-6-18-2)16-11-3-4-12(14-7-11)17-9-13-8-15-17/h3-4,7-10,16H,5-6H2,1-2H3. The molecule has 2 aromatic rings. The number of hydrogen-bond acceptors (Lipinski definition) is 5. The van der Waals surface area contributed by atoms with E-state index in [4.69, 9.17) is 4.74 Å². The molecule has 0 amide bonds. The topological polar surface area (TPSA) is 64.9 Å². The van der Waals surface area contributed by atoms with Gasteiger partial charge in [-0.25, -0.2) is 14.6 Å². The predicted molar refractivity (Wildman–Crippen MR) is 68.7 cm³/mol. The molecular formula is C12H17N5O. The van der Waals surface area contributed by atoms with Crippen LogP contribution in [0, 0.1) is 0 Å². The van der Waals surface area contributed by atoms with Crippen LogP contribution in [0.25, 0.3) is 5.82 Å². The SMILES string of the molecule is COCCC(C)Nc1ccc(-n2cncn2)nc1. The second-order valence-electron chi connectivity index (χ2n) is 4.07. The van der Waals surface area contributed by atoms with Crippen molar-refractivity contribution in [2.45, 2.75) is 19.4 Å². The second-order valence-corrected chi connectivity index (χ2v) is 4.07. The summed E-state index contributed by atoms with van der Waals surface area (Å²) in [7, 11) is 1.71. The number of nitrogens with zero attached hydrogens (tertiary/aromatic N) is 4. The van der Waals surface area contributed by atoms with Crippen LogP contribution in [0.4, 0.5) is 5.69 Å². The van der Waals surface area contributed by atoms with Crippen LogP contribution in [0.5, 0.6) is 0 Å². The third-order valence-corrected chi connectivity index (χ3v) is 2.57. The van der Waals surface area contributed by atoms with E-state index in [9.17, 15) is 0 Å². The summed E-state index contributed by atoms with van der Waals surface area (Å²) in [5, 5.41) is 7.39. The van der Waals surface area contributed by atoms with E-state index in [1.807, 2.05) is 12.1 Å². The average Bonchev–Trinajstić information content (AvgIpc) is 2.91. The van der Waals surface area contributed by atoms with Crippen molar-refractivity contribution < 1.29 is 4.74 Å². The highest BCUT2D eigenvalue weighted by Gasteiger charge is 2.03. The van der Waals surface area contributed by atoms with Gasteiger partial charge in [0.15, 0.2) is 5.82 Å². The normalized spacial score (nSPS) is 12.3. The molecule has 0 aliphatic heterocycles. The lowest BCUT2D eigenvalue weighted by atomic mass is 10.2.